The number of nitro benzene ring substituents is 1. The van der Waals surface area contributed by atoms with Crippen molar-refractivity contribution in [1.29, 1.82) is 0 Å². The second-order valence-corrected chi connectivity index (χ2v) is 9.85. The van der Waals surface area contributed by atoms with Crippen molar-refractivity contribution in [3.05, 3.63) is 44.2 Å². The van der Waals surface area contributed by atoms with Gasteiger partial charge in [0.05, 0.1) is 16.5 Å². The number of aliphatic hydroxyl groups is 3. The van der Waals surface area contributed by atoms with Crippen LogP contribution in [0.4, 0.5) is 11.4 Å². The summed E-state index contributed by atoms with van der Waals surface area (Å²) in [6, 6.07) is -0.00214. The van der Waals surface area contributed by atoms with Gasteiger partial charge in [-0.15, -0.1) is 0 Å². The zero-order chi connectivity index (χ0) is 27.7. The summed E-state index contributed by atoms with van der Waals surface area (Å²) in [4.78, 5) is 52.9. The molecule has 3 aliphatic carbocycles. The van der Waals surface area contributed by atoms with E-state index in [4.69, 9.17) is 5.73 Å². The molecule has 0 saturated heterocycles. The van der Waals surface area contributed by atoms with E-state index in [9.17, 15) is 44.9 Å². The molecular formula is C24H28N4O9. The lowest BCUT2D eigenvalue weighted by atomic mass is 9.57. The third-order valence-electron chi connectivity index (χ3n) is 7.76. The Morgan fingerprint density at radius 2 is 1.86 bits per heavy atom. The van der Waals surface area contributed by atoms with E-state index in [0.29, 0.717) is 17.8 Å². The van der Waals surface area contributed by atoms with Gasteiger partial charge in [0, 0.05) is 36.8 Å². The quantitative estimate of drug-likeness (QED) is 0.205. The first-order valence-corrected chi connectivity index (χ1v) is 11.6. The second-order valence-electron chi connectivity index (χ2n) is 9.85. The highest BCUT2D eigenvalue weighted by Crippen LogP contribution is 2.54. The fourth-order valence-electron chi connectivity index (χ4n) is 5.93. The molecule has 0 aromatic heterocycles. The Morgan fingerprint density at radius 1 is 1.24 bits per heavy atom. The first kappa shape index (κ1) is 26.1. The predicted octanol–water partition coefficient (Wildman–Crippen LogP) is 0.328. The number of primary amides is 1. The lowest BCUT2D eigenvalue weighted by Crippen LogP contribution is -2.65. The smallest absolute Gasteiger partial charge is 0.313 e. The molecule has 13 nitrogen and oxygen atoms in total. The molecule has 2 unspecified atom stereocenters. The number of phenolic OH excluding ortho intramolecular Hbond substituents is 1. The normalized spacial score (nSPS) is 27.1. The maximum atomic E-state index is 13.8. The molecule has 0 spiro atoms. The van der Waals surface area contributed by atoms with E-state index < -0.39 is 74.4 Å². The number of nitrogens with two attached hydrogens (primary N) is 1. The number of benzene rings is 1. The Morgan fingerprint density at radius 3 is 2.38 bits per heavy atom. The number of nitrogens with zero attached hydrogens (tertiary/aromatic N) is 3. The number of carbonyl (C=O) groups excluding carboxylic acids is 3. The SMILES string of the molecule is CCN(C)c1cc([N+](=O)[O-])c(O)c2c1CC1CC3[C@H](N(C)C)C(=O)C(C(N)=O)=C(O)[C@@]3(O)C(=O)C1=C2O. The molecule has 4 rings (SSSR count). The summed E-state index contributed by atoms with van der Waals surface area (Å²) in [7, 11) is 4.70. The van der Waals surface area contributed by atoms with Crippen LogP contribution in [0.3, 0.4) is 0 Å². The zero-order valence-corrected chi connectivity index (χ0v) is 20.7. The van der Waals surface area contributed by atoms with Gasteiger partial charge >= 0.3 is 5.69 Å². The lowest BCUT2D eigenvalue weighted by molar-refractivity contribution is -0.385. The molecule has 3 aliphatic rings. The summed E-state index contributed by atoms with van der Waals surface area (Å²) in [5, 5.41) is 56.1. The van der Waals surface area contributed by atoms with Gasteiger partial charge in [0.2, 0.25) is 11.5 Å². The molecule has 1 aromatic rings. The largest absolute Gasteiger partial charge is 0.508 e. The van der Waals surface area contributed by atoms with Crippen molar-refractivity contribution in [3.63, 3.8) is 0 Å². The number of anilines is 1. The molecule has 4 atom stereocenters. The van der Waals surface area contributed by atoms with Crippen LogP contribution in [0.25, 0.3) is 5.76 Å². The van der Waals surface area contributed by atoms with Crippen LogP contribution < -0.4 is 10.6 Å². The van der Waals surface area contributed by atoms with Crippen LogP contribution in [-0.4, -0.2) is 87.1 Å². The van der Waals surface area contributed by atoms with Crippen LogP contribution in [0, 0.1) is 22.0 Å². The van der Waals surface area contributed by atoms with E-state index in [1.165, 1.54) is 25.1 Å². The lowest BCUT2D eigenvalue weighted by Gasteiger charge is -2.50. The minimum atomic E-state index is -2.77. The third-order valence-corrected chi connectivity index (χ3v) is 7.76. The van der Waals surface area contributed by atoms with Crippen LogP contribution in [0.5, 0.6) is 5.75 Å². The minimum absolute atomic E-state index is 0.0414. The number of nitro groups is 1. The van der Waals surface area contributed by atoms with Crippen LogP contribution in [0.15, 0.2) is 23.0 Å². The first-order chi connectivity index (χ1) is 17.2. The number of hydrogen-bond donors (Lipinski definition) is 5. The second kappa shape index (κ2) is 8.56. The third kappa shape index (κ3) is 3.41. The number of phenols is 1. The van der Waals surface area contributed by atoms with E-state index >= 15 is 0 Å². The summed E-state index contributed by atoms with van der Waals surface area (Å²) < 4.78 is 0. The highest BCUT2D eigenvalue weighted by atomic mass is 16.6. The number of aromatic hydroxyl groups is 1. The average Bonchev–Trinajstić information content (AvgIpc) is 2.80. The van der Waals surface area contributed by atoms with Crippen molar-refractivity contribution in [1.82, 2.24) is 4.90 Å². The van der Waals surface area contributed by atoms with Gasteiger partial charge in [0.25, 0.3) is 5.91 Å². The zero-order valence-electron chi connectivity index (χ0n) is 20.7. The minimum Gasteiger partial charge on any atom is -0.508 e. The predicted molar refractivity (Wildman–Crippen MR) is 130 cm³/mol. The van der Waals surface area contributed by atoms with Crippen LogP contribution in [0.2, 0.25) is 0 Å². The van der Waals surface area contributed by atoms with Crippen molar-refractivity contribution >= 4 is 34.6 Å². The van der Waals surface area contributed by atoms with Crippen molar-refractivity contribution in [2.45, 2.75) is 31.4 Å². The van der Waals surface area contributed by atoms with Gasteiger partial charge in [-0.2, -0.15) is 0 Å². The number of fused-ring (bicyclic) bond motifs is 3. The molecule has 1 saturated carbocycles. The fraction of sp³-hybridized carbons (Fsp3) is 0.458. The molecule has 0 bridgehead atoms. The Kier molecular flexibility index (Phi) is 6.04. The summed E-state index contributed by atoms with van der Waals surface area (Å²) in [5.74, 6) is -8.14. The maximum Gasteiger partial charge on any atom is 0.313 e. The van der Waals surface area contributed by atoms with Gasteiger partial charge in [-0.3, -0.25) is 29.4 Å². The number of likely N-dealkylation sites (N-methyl/N-ethyl adjacent to an activating group) is 1. The van der Waals surface area contributed by atoms with Crippen molar-refractivity contribution < 1.29 is 39.7 Å². The van der Waals surface area contributed by atoms with E-state index in [0.717, 1.165) is 0 Å². The molecule has 0 heterocycles. The first-order valence-electron chi connectivity index (χ1n) is 11.6. The van der Waals surface area contributed by atoms with Crippen LogP contribution in [0.1, 0.15) is 24.5 Å². The molecule has 1 fully saturated rings. The van der Waals surface area contributed by atoms with E-state index in [2.05, 4.69) is 0 Å². The molecule has 0 aliphatic heterocycles. The number of Topliss-reactive ketones (excluding diaryl/α,β-unsaturated/α-hetero) is 2. The number of ketones is 2. The Hall–Kier alpha value is -3.97. The van der Waals surface area contributed by atoms with Gasteiger partial charge in [-0.1, -0.05) is 0 Å². The van der Waals surface area contributed by atoms with Gasteiger partial charge in [-0.05, 0) is 45.3 Å². The van der Waals surface area contributed by atoms with Crippen molar-refractivity contribution in [2.24, 2.45) is 17.6 Å². The summed E-state index contributed by atoms with van der Waals surface area (Å²) >= 11 is 0. The molecule has 0 radical (unpaired) electrons. The monoisotopic (exact) mass is 516 g/mol. The van der Waals surface area contributed by atoms with Gasteiger partial charge in [0.15, 0.2) is 11.4 Å². The maximum absolute atomic E-state index is 13.8. The highest BCUT2D eigenvalue weighted by Gasteiger charge is 2.64. The summed E-state index contributed by atoms with van der Waals surface area (Å²) in [6.45, 7) is 2.24. The van der Waals surface area contributed by atoms with Crippen LogP contribution >= 0.6 is 0 Å². The number of amides is 1. The molecule has 37 heavy (non-hydrogen) atoms. The molecule has 198 valence electrons. The number of aliphatic hydroxyl groups excluding tert-OH is 2. The molecule has 1 amide bonds. The number of carbonyl (C=O) groups is 3. The Balaban J connectivity index is 2.03. The molecule has 6 N–H and O–H groups in total. The standard InChI is InChI=1S/C24H28N4O9/c1-5-27(4)12-8-13(28(36)37)18(29)15-10(12)6-9-7-11-17(26(2)3)20(31)16(23(25)34)22(33)24(11,35)21(32)14(9)19(15)30/h8-9,11,17,29-30,33,35H,5-7H2,1-4H3,(H2,25,34)/t9?,11?,17-,24-/m0/s1. The molecule has 1 aromatic carbocycles. The van der Waals surface area contributed by atoms with Crippen LogP contribution in [-0.2, 0) is 20.8 Å². The van der Waals surface area contributed by atoms with Gasteiger partial charge in [0.1, 0.15) is 17.1 Å². The highest BCUT2D eigenvalue weighted by molar-refractivity contribution is 6.24. The van der Waals surface area contributed by atoms with Gasteiger partial charge in [-0.25, -0.2) is 0 Å². The van der Waals surface area contributed by atoms with Crippen molar-refractivity contribution in [2.75, 3.05) is 32.6 Å². The van der Waals surface area contributed by atoms with Crippen molar-refractivity contribution in [3.8, 4) is 5.75 Å². The summed E-state index contributed by atoms with van der Waals surface area (Å²) in [6.07, 6.45) is -0.0292. The fourth-order valence-corrected chi connectivity index (χ4v) is 5.93. The average molecular weight is 517 g/mol. The van der Waals surface area contributed by atoms with Gasteiger partial charge < -0.3 is 31.1 Å². The Bertz CT molecular complexity index is 1330. The van der Waals surface area contributed by atoms with E-state index in [1.54, 1.807) is 18.9 Å². The Labute approximate surface area is 211 Å². The number of rotatable bonds is 5. The van der Waals surface area contributed by atoms with E-state index in [1.807, 2.05) is 0 Å². The molecular weight excluding hydrogens is 488 g/mol. The molecule has 13 heteroatoms. The number of hydrogen-bond acceptors (Lipinski definition) is 11. The summed E-state index contributed by atoms with van der Waals surface area (Å²) in [5.41, 5.74) is 0.968. The topological polar surface area (TPSA) is 208 Å². The van der Waals surface area contributed by atoms with E-state index in [-0.39, 0.29) is 24.0 Å².